The molecule has 0 bridgehead atoms. The minimum absolute atomic E-state index is 0.0999. The second kappa shape index (κ2) is 9.32. The first-order valence-electron chi connectivity index (χ1n) is 13.9. The van der Waals surface area contributed by atoms with Crippen molar-refractivity contribution in [2.45, 2.75) is 91.6 Å². The standard InChI is InChI=1S/C32H44O2/c1-22(9-8-12-24-10-6-5-7-11-24)28-15-16-29-27-14-13-25-21-26(34-23(2)33)17-19-31(25,3)30(27)18-20-32(28,29)4/h5-8,10-13,22,26-30H,9,14-21H2,1-4H3. The minimum atomic E-state index is -0.124. The summed E-state index contributed by atoms with van der Waals surface area (Å²) in [5.41, 5.74) is 3.73. The van der Waals surface area contributed by atoms with Crippen LogP contribution in [0.2, 0.25) is 0 Å². The topological polar surface area (TPSA) is 26.3 Å². The van der Waals surface area contributed by atoms with E-state index in [4.69, 9.17) is 4.74 Å². The summed E-state index contributed by atoms with van der Waals surface area (Å²) in [4.78, 5) is 11.5. The van der Waals surface area contributed by atoms with Crippen molar-refractivity contribution in [2.24, 2.45) is 40.4 Å². The molecule has 0 spiro atoms. The third-order valence-electron chi connectivity index (χ3n) is 10.8. The number of carbonyl (C=O) groups excluding carboxylic acids is 1. The van der Waals surface area contributed by atoms with Gasteiger partial charge < -0.3 is 4.74 Å². The highest BCUT2D eigenvalue weighted by Gasteiger charge is 2.59. The van der Waals surface area contributed by atoms with Gasteiger partial charge in [-0.25, -0.2) is 0 Å². The molecule has 2 heteroatoms. The molecule has 3 saturated carbocycles. The number of allylic oxidation sites excluding steroid dienone is 2. The highest BCUT2D eigenvalue weighted by molar-refractivity contribution is 5.66. The minimum Gasteiger partial charge on any atom is -0.462 e. The van der Waals surface area contributed by atoms with Gasteiger partial charge in [0.1, 0.15) is 6.10 Å². The zero-order valence-electron chi connectivity index (χ0n) is 21.8. The molecule has 0 aromatic heterocycles. The van der Waals surface area contributed by atoms with Gasteiger partial charge in [-0.2, -0.15) is 0 Å². The molecule has 0 heterocycles. The molecule has 0 N–H and O–H groups in total. The largest absolute Gasteiger partial charge is 0.462 e. The van der Waals surface area contributed by atoms with E-state index in [1.165, 1.54) is 50.5 Å². The van der Waals surface area contributed by atoms with Gasteiger partial charge in [0, 0.05) is 13.3 Å². The van der Waals surface area contributed by atoms with Crippen molar-refractivity contribution in [1.82, 2.24) is 0 Å². The van der Waals surface area contributed by atoms with Crippen molar-refractivity contribution in [3.8, 4) is 0 Å². The Hall–Kier alpha value is -1.83. The molecule has 4 aliphatic rings. The molecule has 4 aliphatic carbocycles. The lowest BCUT2D eigenvalue weighted by molar-refractivity contribution is -0.148. The number of carbonyl (C=O) groups is 1. The monoisotopic (exact) mass is 460 g/mol. The molecule has 5 rings (SSSR count). The van der Waals surface area contributed by atoms with Gasteiger partial charge in [0.2, 0.25) is 0 Å². The van der Waals surface area contributed by atoms with Crippen molar-refractivity contribution in [3.63, 3.8) is 0 Å². The normalized spacial score (nSPS) is 40.1. The van der Waals surface area contributed by atoms with Crippen LogP contribution in [0.4, 0.5) is 0 Å². The first-order valence-corrected chi connectivity index (χ1v) is 13.9. The average Bonchev–Trinajstić information content (AvgIpc) is 3.17. The van der Waals surface area contributed by atoms with E-state index in [0.717, 1.165) is 42.4 Å². The Labute approximate surface area is 207 Å². The Morgan fingerprint density at radius 2 is 1.88 bits per heavy atom. The zero-order chi connectivity index (χ0) is 23.9. The number of ether oxygens (including phenoxy) is 1. The summed E-state index contributed by atoms with van der Waals surface area (Å²) in [5, 5.41) is 0. The van der Waals surface area contributed by atoms with Crippen molar-refractivity contribution < 1.29 is 9.53 Å². The van der Waals surface area contributed by atoms with Crippen LogP contribution in [0.5, 0.6) is 0 Å². The van der Waals surface area contributed by atoms with Crippen LogP contribution in [0.1, 0.15) is 91.0 Å². The van der Waals surface area contributed by atoms with E-state index in [0.29, 0.717) is 10.8 Å². The maximum Gasteiger partial charge on any atom is 0.302 e. The summed E-state index contributed by atoms with van der Waals surface area (Å²) < 4.78 is 5.62. The maximum atomic E-state index is 11.5. The molecule has 1 aromatic carbocycles. The molecular weight excluding hydrogens is 416 g/mol. The van der Waals surface area contributed by atoms with Crippen molar-refractivity contribution >= 4 is 12.0 Å². The molecule has 2 nitrogen and oxygen atoms in total. The highest BCUT2D eigenvalue weighted by atomic mass is 16.5. The van der Waals surface area contributed by atoms with Gasteiger partial charge in [0.05, 0.1) is 0 Å². The van der Waals surface area contributed by atoms with E-state index >= 15 is 0 Å². The van der Waals surface area contributed by atoms with Crippen LogP contribution in [0, 0.1) is 40.4 Å². The summed E-state index contributed by atoms with van der Waals surface area (Å²) in [5.74, 6) is 4.00. The molecule has 8 atom stereocenters. The first-order chi connectivity index (χ1) is 16.3. The molecule has 184 valence electrons. The van der Waals surface area contributed by atoms with Gasteiger partial charge in [-0.3, -0.25) is 4.79 Å². The van der Waals surface area contributed by atoms with Crippen LogP contribution in [-0.4, -0.2) is 12.1 Å². The van der Waals surface area contributed by atoms with Crippen molar-refractivity contribution in [3.05, 3.63) is 53.6 Å². The summed E-state index contributed by atoms with van der Waals surface area (Å²) in [7, 11) is 0. The zero-order valence-corrected chi connectivity index (χ0v) is 21.8. The number of hydrogen-bond acceptors (Lipinski definition) is 2. The second-order valence-electron chi connectivity index (χ2n) is 12.5. The van der Waals surface area contributed by atoms with E-state index < -0.39 is 0 Å². The highest BCUT2D eigenvalue weighted by Crippen LogP contribution is 2.67. The smallest absolute Gasteiger partial charge is 0.302 e. The van der Waals surface area contributed by atoms with Crippen LogP contribution in [0.3, 0.4) is 0 Å². The van der Waals surface area contributed by atoms with Crippen LogP contribution in [-0.2, 0) is 9.53 Å². The molecule has 0 aliphatic heterocycles. The number of fused-ring (bicyclic) bond motifs is 5. The number of esters is 1. The molecule has 0 saturated heterocycles. The summed E-state index contributed by atoms with van der Waals surface area (Å²) in [6.45, 7) is 9.26. The van der Waals surface area contributed by atoms with Crippen LogP contribution >= 0.6 is 0 Å². The summed E-state index contributed by atoms with van der Waals surface area (Å²) >= 11 is 0. The third kappa shape index (κ3) is 4.20. The Kier molecular flexibility index (Phi) is 6.55. The van der Waals surface area contributed by atoms with Crippen molar-refractivity contribution in [1.29, 1.82) is 0 Å². The predicted molar refractivity (Wildman–Crippen MR) is 140 cm³/mol. The van der Waals surface area contributed by atoms with Gasteiger partial charge in [-0.05, 0) is 97.3 Å². The van der Waals surface area contributed by atoms with Crippen molar-refractivity contribution in [2.75, 3.05) is 0 Å². The average molecular weight is 461 g/mol. The number of benzene rings is 1. The molecule has 0 radical (unpaired) electrons. The predicted octanol–water partition coefficient (Wildman–Crippen LogP) is 8.24. The van der Waals surface area contributed by atoms with Gasteiger partial charge >= 0.3 is 5.97 Å². The summed E-state index contributed by atoms with van der Waals surface area (Å²) in [6.07, 6.45) is 18.6. The third-order valence-corrected chi connectivity index (χ3v) is 10.8. The number of hydrogen-bond donors (Lipinski definition) is 0. The number of rotatable bonds is 5. The Balaban J connectivity index is 1.28. The van der Waals surface area contributed by atoms with E-state index in [1.807, 2.05) is 0 Å². The fourth-order valence-corrected chi connectivity index (χ4v) is 9.09. The fraction of sp³-hybridized carbons (Fsp3) is 0.656. The van der Waals surface area contributed by atoms with Gasteiger partial charge in [0.15, 0.2) is 0 Å². The Bertz CT molecular complexity index is 945. The van der Waals surface area contributed by atoms with Gasteiger partial charge in [-0.1, -0.05) is 74.9 Å². The first kappa shape index (κ1) is 23.9. The van der Waals surface area contributed by atoms with Gasteiger partial charge in [-0.15, -0.1) is 0 Å². The lowest BCUT2D eigenvalue weighted by atomic mass is 9.47. The van der Waals surface area contributed by atoms with E-state index in [1.54, 1.807) is 12.5 Å². The molecule has 34 heavy (non-hydrogen) atoms. The Morgan fingerprint density at radius 3 is 2.65 bits per heavy atom. The lowest BCUT2D eigenvalue weighted by Gasteiger charge is -2.58. The fourth-order valence-electron chi connectivity index (χ4n) is 9.09. The molecular formula is C32H44O2. The van der Waals surface area contributed by atoms with Gasteiger partial charge in [0.25, 0.3) is 0 Å². The van der Waals surface area contributed by atoms with E-state index in [-0.39, 0.29) is 12.1 Å². The van der Waals surface area contributed by atoms with E-state index in [9.17, 15) is 4.79 Å². The quantitative estimate of drug-likeness (QED) is 0.327. The second-order valence-corrected chi connectivity index (χ2v) is 12.5. The molecule has 1 aromatic rings. The van der Waals surface area contributed by atoms with Crippen LogP contribution < -0.4 is 0 Å². The molecule has 3 fully saturated rings. The SMILES string of the molecule is CC(=O)OC1CCC2(C)C(=CCC3C2CCC2(C)C(C(C)CC=Cc4ccccc4)CCC32)C1. The van der Waals surface area contributed by atoms with Crippen LogP contribution in [0.25, 0.3) is 6.08 Å². The molecule has 8 unspecified atom stereocenters. The van der Waals surface area contributed by atoms with E-state index in [2.05, 4.69) is 69.3 Å². The summed E-state index contributed by atoms with van der Waals surface area (Å²) in [6, 6.07) is 10.7. The molecule has 0 amide bonds. The Morgan fingerprint density at radius 1 is 1.09 bits per heavy atom. The van der Waals surface area contributed by atoms with Crippen LogP contribution in [0.15, 0.2) is 48.1 Å². The lowest BCUT2D eigenvalue weighted by Crippen LogP contribution is -2.51. The maximum absolute atomic E-state index is 11.5.